The van der Waals surface area contributed by atoms with Crippen molar-refractivity contribution < 1.29 is 9.59 Å². The minimum absolute atomic E-state index is 0.0148. The maximum atomic E-state index is 11.7. The van der Waals surface area contributed by atoms with Crippen LogP contribution in [0.5, 0.6) is 0 Å². The highest BCUT2D eigenvalue weighted by Gasteiger charge is 2.23. The number of hydrogen-bond donors (Lipinski definition) is 3. The van der Waals surface area contributed by atoms with E-state index < -0.39 is 5.91 Å². The number of carbonyl (C=O) groups excluding carboxylic acids is 2. The maximum Gasteiger partial charge on any atom is 0.254 e. The molecule has 2 aromatic rings. The van der Waals surface area contributed by atoms with Gasteiger partial charge in [-0.05, 0) is 37.6 Å². The molecular formula is C17H20N6O2. The van der Waals surface area contributed by atoms with Gasteiger partial charge in [0.15, 0.2) is 5.78 Å². The number of benzene rings is 1. The summed E-state index contributed by atoms with van der Waals surface area (Å²) >= 11 is 0. The summed E-state index contributed by atoms with van der Waals surface area (Å²) < 4.78 is 0. The third-order valence-electron chi connectivity index (χ3n) is 4.10. The zero-order chi connectivity index (χ0) is 18.0. The molecule has 1 aliphatic heterocycles. The summed E-state index contributed by atoms with van der Waals surface area (Å²) in [5, 5.41) is 3.07. The third-order valence-corrected chi connectivity index (χ3v) is 4.10. The smallest absolute Gasteiger partial charge is 0.254 e. The second-order valence-electron chi connectivity index (χ2n) is 6.05. The Morgan fingerprint density at radius 2 is 2.00 bits per heavy atom. The van der Waals surface area contributed by atoms with Crippen LogP contribution < -0.4 is 21.7 Å². The Kier molecular flexibility index (Phi) is 4.62. The van der Waals surface area contributed by atoms with Gasteiger partial charge in [-0.1, -0.05) is 0 Å². The largest absolute Gasteiger partial charge is 0.365 e. The number of amides is 1. The molecule has 1 unspecified atom stereocenters. The van der Waals surface area contributed by atoms with Crippen LogP contribution in [0.2, 0.25) is 0 Å². The van der Waals surface area contributed by atoms with Crippen LogP contribution in [0, 0.1) is 0 Å². The minimum atomic E-state index is -0.618. The molecule has 8 nitrogen and oxygen atoms in total. The number of Topliss-reactive ketones (excluding diaryl/α,β-unsaturated/α-hetero) is 1. The summed E-state index contributed by atoms with van der Waals surface area (Å²) in [6.45, 7) is 2.94. The van der Waals surface area contributed by atoms with Crippen LogP contribution in [0.4, 0.5) is 17.5 Å². The molecule has 8 heteroatoms. The third kappa shape index (κ3) is 3.74. The van der Waals surface area contributed by atoms with Crippen LogP contribution in [0.15, 0.2) is 30.5 Å². The van der Waals surface area contributed by atoms with Crippen molar-refractivity contribution in [3.63, 3.8) is 0 Å². The number of aromatic nitrogens is 2. The summed E-state index contributed by atoms with van der Waals surface area (Å²) in [6.07, 6.45) is 2.29. The fourth-order valence-electron chi connectivity index (χ4n) is 2.69. The number of nitrogens with zero attached hydrogens (tertiary/aromatic N) is 3. The average molecular weight is 340 g/mol. The maximum absolute atomic E-state index is 11.7. The molecule has 0 bridgehead atoms. The van der Waals surface area contributed by atoms with Crippen LogP contribution in [-0.4, -0.2) is 40.8 Å². The molecule has 130 valence electrons. The Morgan fingerprint density at radius 3 is 2.56 bits per heavy atom. The number of primary amides is 1. The average Bonchev–Trinajstić information content (AvgIpc) is 3.01. The fraction of sp³-hybridized carbons (Fsp3) is 0.294. The van der Waals surface area contributed by atoms with E-state index in [1.807, 2.05) is 4.90 Å². The standard InChI is InChI=1S/C17H20N6O2/c1-10(24)11-2-4-13(5-3-11)21-16-14(15(19)25)8-20-17(22-16)23-7-6-12(18)9-23/h2-5,8,12H,6-7,9,18H2,1H3,(H2,19,25)(H,20,21,22). The lowest BCUT2D eigenvalue weighted by molar-refractivity contribution is 0.0996. The molecule has 1 amide bonds. The van der Waals surface area contributed by atoms with Gasteiger partial charge in [0.2, 0.25) is 5.95 Å². The number of nitrogens with two attached hydrogens (primary N) is 2. The van der Waals surface area contributed by atoms with Gasteiger partial charge in [0.1, 0.15) is 11.4 Å². The fourth-order valence-corrected chi connectivity index (χ4v) is 2.69. The summed E-state index contributed by atoms with van der Waals surface area (Å²) in [4.78, 5) is 33.7. The molecule has 25 heavy (non-hydrogen) atoms. The molecule has 1 aliphatic rings. The molecule has 1 aromatic heterocycles. The second-order valence-corrected chi connectivity index (χ2v) is 6.05. The summed E-state index contributed by atoms with van der Waals surface area (Å²) in [5.74, 6) is 0.195. The van der Waals surface area contributed by atoms with Crippen LogP contribution >= 0.6 is 0 Å². The molecule has 0 aliphatic carbocycles. The minimum Gasteiger partial charge on any atom is -0.365 e. The van der Waals surface area contributed by atoms with Crippen molar-refractivity contribution in [3.8, 4) is 0 Å². The van der Waals surface area contributed by atoms with Crippen molar-refractivity contribution >= 4 is 29.1 Å². The van der Waals surface area contributed by atoms with E-state index in [2.05, 4.69) is 15.3 Å². The van der Waals surface area contributed by atoms with E-state index in [1.165, 1.54) is 13.1 Å². The van der Waals surface area contributed by atoms with Gasteiger partial charge >= 0.3 is 0 Å². The highest BCUT2D eigenvalue weighted by molar-refractivity contribution is 5.98. The van der Waals surface area contributed by atoms with Gasteiger partial charge in [-0.25, -0.2) is 4.98 Å². The first-order valence-corrected chi connectivity index (χ1v) is 7.99. The topological polar surface area (TPSA) is 127 Å². The first kappa shape index (κ1) is 16.8. The lowest BCUT2D eigenvalue weighted by atomic mass is 10.1. The van der Waals surface area contributed by atoms with Gasteiger partial charge < -0.3 is 21.7 Å². The van der Waals surface area contributed by atoms with Gasteiger partial charge in [0.25, 0.3) is 5.91 Å². The Labute approximate surface area is 145 Å². The summed E-state index contributed by atoms with van der Waals surface area (Å²) in [5.41, 5.74) is 12.8. The number of hydrogen-bond acceptors (Lipinski definition) is 7. The number of nitrogens with one attached hydrogen (secondary N) is 1. The summed E-state index contributed by atoms with van der Waals surface area (Å²) in [7, 11) is 0. The van der Waals surface area contributed by atoms with Crippen LogP contribution in [0.1, 0.15) is 34.1 Å². The van der Waals surface area contributed by atoms with E-state index in [-0.39, 0.29) is 17.4 Å². The van der Waals surface area contributed by atoms with Crippen LogP contribution in [0.25, 0.3) is 0 Å². The van der Waals surface area contributed by atoms with E-state index in [1.54, 1.807) is 24.3 Å². The number of ketones is 1. The van der Waals surface area contributed by atoms with Crippen molar-refractivity contribution in [2.75, 3.05) is 23.3 Å². The molecule has 1 saturated heterocycles. The van der Waals surface area contributed by atoms with E-state index in [4.69, 9.17) is 11.5 Å². The normalized spacial score (nSPS) is 16.7. The molecule has 5 N–H and O–H groups in total. The number of carbonyl (C=O) groups is 2. The van der Waals surface area contributed by atoms with Crippen molar-refractivity contribution in [2.45, 2.75) is 19.4 Å². The molecule has 3 rings (SSSR count). The van der Waals surface area contributed by atoms with Gasteiger partial charge in [0, 0.05) is 36.6 Å². The van der Waals surface area contributed by atoms with Crippen molar-refractivity contribution in [1.82, 2.24) is 9.97 Å². The molecule has 1 fully saturated rings. The highest BCUT2D eigenvalue weighted by atomic mass is 16.1. The first-order valence-electron chi connectivity index (χ1n) is 7.99. The lowest BCUT2D eigenvalue weighted by Gasteiger charge is -2.17. The molecule has 1 aromatic carbocycles. The summed E-state index contributed by atoms with van der Waals surface area (Å²) in [6, 6.07) is 6.99. The SMILES string of the molecule is CC(=O)c1ccc(Nc2nc(N3CCC(N)C3)ncc2C(N)=O)cc1. The molecule has 1 atom stereocenters. The first-order chi connectivity index (χ1) is 11.9. The number of rotatable bonds is 5. The zero-order valence-electron chi connectivity index (χ0n) is 13.9. The van der Waals surface area contributed by atoms with Gasteiger partial charge in [-0.15, -0.1) is 0 Å². The molecule has 0 radical (unpaired) electrons. The second kappa shape index (κ2) is 6.86. The van der Waals surface area contributed by atoms with E-state index in [9.17, 15) is 9.59 Å². The molecule has 0 saturated carbocycles. The predicted octanol–water partition coefficient (Wildman–Crippen LogP) is 1.06. The van der Waals surface area contributed by atoms with Crippen molar-refractivity contribution in [1.29, 1.82) is 0 Å². The van der Waals surface area contributed by atoms with Gasteiger partial charge in [0.05, 0.1) is 0 Å². The van der Waals surface area contributed by atoms with Crippen LogP contribution in [0.3, 0.4) is 0 Å². The predicted molar refractivity (Wildman–Crippen MR) is 95.1 cm³/mol. The quantitative estimate of drug-likeness (QED) is 0.694. The van der Waals surface area contributed by atoms with E-state index in [0.29, 0.717) is 29.6 Å². The lowest BCUT2D eigenvalue weighted by Crippen LogP contribution is -2.28. The molecule has 0 spiro atoms. The Morgan fingerprint density at radius 1 is 1.28 bits per heavy atom. The van der Waals surface area contributed by atoms with E-state index in [0.717, 1.165) is 13.0 Å². The Balaban J connectivity index is 1.89. The zero-order valence-corrected chi connectivity index (χ0v) is 13.9. The van der Waals surface area contributed by atoms with Crippen LogP contribution in [-0.2, 0) is 0 Å². The number of anilines is 3. The van der Waals surface area contributed by atoms with Crippen molar-refractivity contribution in [3.05, 3.63) is 41.6 Å². The molecule has 2 heterocycles. The monoisotopic (exact) mass is 340 g/mol. The van der Waals surface area contributed by atoms with E-state index >= 15 is 0 Å². The van der Waals surface area contributed by atoms with Crippen molar-refractivity contribution in [2.24, 2.45) is 11.5 Å². The Hall–Kier alpha value is -3.00. The van der Waals surface area contributed by atoms with Gasteiger partial charge in [-0.3, -0.25) is 9.59 Å². The molecular weight excluding hydrogens is 320 g/mol. The Bertz CT molecular complexity index is 805. The highest BCUT2D eigenvalue weighted by Crippen LogP contribution is 2.23. The van der Waals surface area contributed by atoms with Gasteiger partial charge in [-0.2, -0.15) is 4.98 Å².